The highest BCUT2D eigenvalue weighted by molar-refractivity contribution is 6.31. The third-order valence-corrected chi connectivity index (χ3v) is 5.51. The first-order valence-corrected chi connectivity index (χ1v) is 9.84. The van der Waals surface area contributed by atoms with Crippen molar-refractivity contribution in [3.8, 4) is 5.75 Å². The van der Waals surface area contributed by atoms with Crippen LogP contribution in [0.3, 0.4) is 0 Å². The Bertz CT molecular complexity index is 890. The molecule has 10 heteroatoms. The van der Waals surface area contributed by atoms with Crippen LogP contribution in [-0.4, -0.2) is 80.2 Å². The molecule has 2 atom stereocenters. The minimum Gasteiger partial charge on any atom is -0.495 e. The predicted molar refractivity (Wildman–Crippen MR) is 111 cm³/mol. The summed E-state index contributed by atoms with van der Waals surface area (Å²) in [5.41, 5.74) is 0.724. The molecule has 3 rings (SSSR count). The lowest BCUT2D eigenvalue weighted by Crippen LogP contribution is -2.62. The molecule has 0 bridgehead atoms. The quantitative estimate of drug-likeness (QED) is 0.657. The smallest absolute Gasteiger partial charge is 0.327 e. The SMILES string of the molecule is COCCCN1C(C(=O)Nc2cc(Cl)ccc2OC)=CC2C(=O)N(C)C(=O)N(C)C21. The van der Waals surface area contributed by atoms with Gasteiger partial charge in [0.15, 0.2) is 0 Å². The molecular weight excluding hydrogens is 412 g/mol. The van der Waals surface area contributed by atoms with Gasteiger partial charge in [-0.3, -0.25) is 14.5 Å². The molecule has 0 radical (unpaired) electrons. The molecule has 4 amide bonds. The third-order valence-electron chi connectivity index (χ3n) is 5.28. The van der Waals surface area contributed by atoms with Crippen molar-refractivity contribution in [3.63, 3.8) is 0 Å². The van der Waals surface area contributed by atoms with Crippen molar-refractivity contribution in [3.05, 3.63) is 35.0 Å². The maximum atomic E-state index is 13.2. The topological polar surface area (TPSA) is 91.4 Å². The number of carbonyl (C=O) groups excluding carboxylic acids is 3. The monoisotopic (exact) mass is 436 g/mol. The van der Waals surface area contributed by atoms with E-state index in [1.54, 1.807) is 43.3 Å². The van der Waals surface area contributed by atoms with Crippen LogP contribution in [0.2, 0.25) is 5.02 Å². The molecule has 2 aliphatic heterocycles. The molecule has 1 fully saturated rings. The van der Waals surface area contributed by atoms with Crippen LogP contribution in [-0.2, 0) is 14.3 Å². The fraction of sp³-hybridized carbons (Fsp3) is 0.450. The van der Waals surface area contributed by atoms with E-state index in [0.29, 0.717) is 41.7 Å². The highest BCUT2D eigenvalue weighted by Crippen LogP contribution is 2.36. The van der Waals surface area contributed by atoms with Crippen molar-refractivity contribution in [1.82, 2.24) is 14.7 Å². The summed E-state index contributed by atoms with van der Waals surface area (Å²) in [5, 5.41) is 3.25. The first-order chi connectivity index (χ1) is 14.3. The van der Waals surface area contributed by atoms with Crippen LogP contribution < -0.4 is 10.1 Å². The largest absolute Gasteiger partial charge is 0.495 e. The van der Waals surface area contributed by atoms with Gasteiger partial charge in [-0.2, -0.15) is 0 Å². The Hall–Kier alpha value is -2.78. The molecule has 162 valence electrons. The van der Waals surface area contributed by atoms with E-state index >= 15 is 0 Å². The minimum atomic E-state index is -0.637. The lowest BCUT2D eigenvalue weighted by molar-refractivity contribution is -0.137. The van der Waals surface area contributed by atoms with E-state index in [9.17, 15) is 14.4 Å². The van der Waals surface area contributed by atoms with Gasteiger partial charge in [0, 0.05) is 39.4 Å². The number of halogens is 1. The van der Waals surface area contributed by atoms with Crippen LogP contribution in [0.5, 0.6) is 5.75 Å². The van der Waals surface area contributed by atoms with Gasteiger partial charge >= 0.3 is 6.03 Å². The normalized spacial score (nSPS) is 21.0. The molecule has 2 heterocycles. The number of fused-ring (bicyclic) bond motifs is 1. The zero-order valence-electron chi connectivity index (χ0n) is 17.3. The van der Waals surface area contributed by atoms with Crippen LogP contribution in [0, 0.1) is 5.92 Å². The van der Waals surface area contributed by atoms with Crippen molar-refractivity contribution in [2.75, 3.05) is 46.8 Å². The molecule has 1 saturated heterocycles. The van der Waals surface area contributed by atoms with E-state index < -0.39 is 24.0 Å². The lowest BCUT2D eigenvalue weighted by Gasteiger charge is -2.43. The summed E-state index contributed by atoms with van der Waals surface area (Å²) >= 11 is 6.06. The number of urea groups is 1. The summed E-state index contributed by atoms with van der Waals surface area (Å²) in [5.74, 6) is -0.943. The van der Waals surface area contributed by atoms with Gasteiger partial charge in [0.2, 0.25) is 5.91 Å². The number of imide groups is 1. The molecule has 0 spiro atoms. The van der Waals surface area contributed by atoms with Crippen molar-refractivity contribution >= 4 is 35.1 Å². The molecule has 0 aromatic heterocycles. The average Bonchev–Trinajstić information content (AvgIpc) is 3.11. The van der Waals surface area contributed by atoms with E-state index in [4.69, 9.17) is 21.1 Å². The highest BCUT2D eigenvalue weighted by Gasteiger charge is 2.50. The highest BCUT2D eigenvalue weighted by atomic mass is 35.5. The van der Waals surface area contributed by atoms with Crippen LogP contribution in [0.4, 0.5) is 10.5 Å². The van der Waals surface area contributed by atoms with Crippen LogP contribution in [0.25, 0.3) is 0 Å². The summed E-state index contributed by atoms with van der Waals surface area (Å²) < 4.78 is 10.4. The van der Waals surface area contributed by atoms with E-state index in [1.165, 1.54) is 19.1 Å². The standard InChI is InChI=1S/C20H25ClN4O5/c1-23-18-13(19(27)24(2)20(23)28)11-15(25(18)8-5-9-29-3)17(26)22-14-10-12(21)6-7-16(14)30-4/h6-7,10-11,13,18H,5,8-9H2,1-4H3,(H,22,26). The van der Waals surface area contributed by atoms with Crippen molar-refractivity contribution in [2.24, 2.45) is 5.92 Å². The van der Waals surface area contributed by atoms with Gasteiger partial charge in [-0.25, -0.2) is 4.79 Å². The Balaban J connectivity index is 1.92. The summed E-state index contributed by atoms with van der Waals surface area (Å²) in [4.78, 5) is 42.7. The molecule has 2 unspecified atom stereocenters. The fourth-order valence-corrected chi connectivity index (χ4v) is 3.98. The van der Waals surface area contributed by atoms with Crippen LogP contribution in [0.1, 0.15) is 6.42 Å². The first kappa shape index (κ1) is 21.9. The lowest BCUT2D eigenvalue weighted by atomic mass is 10.0. The van der Waals surface area contributed by atoms with Gasteiger partial charge in [0.1, 0.15) is 17.6 Å². The second kappa shape index (κ2) is 8.93. The maximum Gasteiger partial charge on any atom is 0.327 e. The number of nitrogens with zero attached hydrogens (tertiary/aromatic N) is 3. The van der Waals surface area contributed by atoms with E-state index in [-0.39, 0.29) is 5.91 Å². The zero-order chi connectivity index (χ0) is 22.0. The fourth-order valence-electron chi connectivity index (χ4n) is 3.81. The van der Waals surface area contributed by atoms with E-state index in [2.05, 4.69) is 5.32 Å². The number of ether oxygens (including phenoxy) is 2. The number of rotatable bonds is 7. The molecule has 0 aliphatic carbocycles. The summed E-state index contributed by atoms with van der Waals surface area (Å²) in [7, 11) is 6.15. The molecule has 1 aromatic carbocycles. The summed E-state index contributed by atoms with van der Waals surface area (Å²) in [6, 6.07) is 4.49. The van der Waals surface area contributed by atoms with Gasteiger partial charge in [0.25, 0.3) is 5.91 Å². The minimum absolute atomic E-state index is 0.312. The van der Waals surface area contributed by atoms with Gasteiger partial charge in [0.05, 0.1) is 18.7 Å². The van der Waals surface area contributed by atoms with E-state index in [1.807, 2.05) is 0 Å². The predicted octanol–water partition coefficient (Wildman–Crippen LogP) is 1.99. The number of carbonyl (C=O) groups is 3. The molecular formula is C20H25ClN4O5. The maximum absolute atomic E-state index is 13.2. The summed E-state index contributed by atoms with van der Waals surface area (Å²) in [6.45, 7) is 0.923. The Morgan fingerprint density at radius 1 is 1.23 bits per heavy atom. The zero-order valence-corrected chi connectivity index (χ0v) is 18.1. The van der Waals surface area contributed by atoms with Crippen molar-refractivity contribution in [1.29, 1.82) is 0 Å². The molecule has 2 aliphatic rings. The number of anilines is 1. The molecule has 9 nitrogen and oxygen atoms in total. The molecule has 0 saturated carbocycles. The second-order valence-electron chi connectivity index (χ2n) is 7.12. The Labute approximate surface area is 180 Å². The number of nitrogens with one attached hydrogen (secondary N) is 1. The van der Waals surface area contributed by atoms with Crippen molar-refractivity contribution < 1.29 is 23.9 Å². The number of methoxy groups -OCH3 is 2. The van der Waals surface area contributed by atoms with E-state index in [0.717, 1.165) is 4.90 Å². The molecule has 1 N–H and O–H groups in total. The Kier molecular flexibility index (Phi) is 6.52. The number of hydrogen-bond acceptors (Lipinski definition) is 6. The third kappa shape index (κ3) is 3.95. The van der Waals surface area contributed by atoms with Crippen LogP contribution >= 0.6 is 11.6 Å². The number of hydrogen-bond donors (Lipinski definition) is 1. The summed E-state index contributed by atoms with van der Waals surface area (Å²) in [6.07, 6.45) is 1.67. The van der Waals surface area contributed by atoms with Gasteiger partial charge in [-0.1, -0.05) is 11.6 Å². The second-order valence-corrected chi connectivity index (χ2v) is 7.56. The molecule has 1 aromatic rings. The van der Waals surface area contributed by atoms with Gasteiger partial charge in [-0.05, 0) is 30.7 Å². The Morgan fingerprint density at radius 3 is 2.63 bits per heavy atom. The number of amides is 4. The number of benzene rings is 1. The first-order valence-electron chi connectivity index (χ1n) is 9.46. The average molecular weight is 437 g/mol. The molecule has 30 heavy (non-hydrogen) atoms. The Morgan fingerprint density at radius 2 is 1.97 bits per heavy atom. The van der Waals surface area contributed by atoms with Crippen LogP contribution in [0.15, 0.2) is 30.0 Å². The van der Waals surface area contributed by atoms with Crippen molar-refractivity contribution in [2.45, 2.75) is 12.6 Å². The van der Waals surface area contributed by atoms with Gasteiger partial charge in [-0.15, -0.1) is 0 Å². The van der Waals surface area contributed by atoms with Gasteiger partial charge < -0.3 is 24.6 Å².